The summed E-state index contributed by atoms with van der Waals surface area (Å²) in [6, 6.07) is 14.3. The number of carbonyl (C=O) groups is 1. The minimum absolute atomic E-state index is 0.157. The molecule has 1 aromatic heterocycles. The van der Waals surface area contributed by atoms with Gasteiger partial charge in [-0.1, -0.05) is 42.5 Å². The highest BCUT2D eigenvalue weighted by Gasteiger charge is 2.15. The number of aromatic nitrogens is 1. The van der Waals surface area contributed by atoms with Crippen LogP contribution >= 0.6 is 11.3 Å². The summed E-state index contributed by atoms with van der Waals surface area (Å²) >= 11 is 1.49. The molecule has 0 atom stereocenters. The minimum atomic E-state index is 0.157. The van der Waals surface area contributed by atoms with Crippen LogP contribution < -0.4 is 0 Å². The van der Waals surface area contributed by atoms with Gasteiger partial charge in [0, 0.05) is 6.42 Å². The van der Waals surface area contributed by atoms with Crippen LogP contribution in [0.4, 0.5) is 0 Å². The molecule has 3 aromatic rings. The Balaban J connectivity index is 1.97. The molecule has 0 saturated carbocycles. The van der Waals surface area contributed by atoms with Gasteiger partial charge >= 0.3 is 0 Å². The van der Waals surface area contributed by atoms with Crippen LogP contribution in [0.1, 0.15) is 25.9 Å². The van der Waals surface area contributed by atoms with Gasteiger partial charge in [0.25, 0.3) is 0 Å². The summed E-state index contributed by atoms with van der Waals surface area (Å²) in [5.74, 6) is 0.157. The topological polar surface area (TPSA) is 30.0 Å². The summed E-state index contributed by atoms with van der Waals surface area (Å²) in [6.45, 7) is 3.84. The van der Waals surface area contributed by atoms with Crippen LogP contribution in [0, 0.1) is 13.8 Å². The second kappa shape index (κ2) is 5.17. The number of rotatable bonds is 3. The van der Waals surface area contributed by atoms with Gasteiger partial charge in [-0.25, -0.2) is 4.98 Å². The summed E-state index contributed by atoms with van der Waals surface area (Å²) in [4.78, 5) is 17.6. The normalized spacial score (nSPS) is 10.9. The SMILES string of the molecule is Cc1nc(C)c(C(=O)Cc2cccc3ccccc23)s1. The Morgan fingerprint density at radius 2 is 1.85 bits per heavy atom. The zero-order valence-corrected chi connectivity index (χ0v) is 12.3. The van der Waals surface area contributed by atoms with E-state index in [0.717, 1.165) is 26.5 Å². The van der Waals surface area contributed by atoms with E-state index in [-0.39, 0.29) is 5.78 Å². The first-order valence-corrected chi connectivity index (χ1v) is 7.40. The standard InChI is InChI=1S/C17H15NOS/c1-11-17(20-12(2)18-11)16(19)10-14-8-5-7-13-6-3-4-9-15(13)14/h3-9H,10H2,1-2H3. The third-order valence-corrected chi connectivity index (χ3v) is 4.50. The van der Waals surface area contributed by atoms with E-state index >= 15 is 0 Å². The molecule has 0 aliphatic rings. The Morgan fingerprint density at radius 1 is 1.10 bits per heavy atom. The number of nitrogens with zero attached hydrogens (tertiary/aromatic N) is 1. The molecule has 20 heavy (non-hydrogen) atoms. The predicted molar refractivity (Wildman–Crippen MR) is 83.6 cm³/mol. The van der Waals surface area contributed by atoms with Crippen LogP contribution in [0.2, 0.25) is 0 Å². The molecule has 0 aliphatic heterocycles. The second-order valence-corrected chi connectivity index (χ2v) is 6.09. The summed E-state index contributed by atoms with van der Waals surface area (Å²) in [5.41, 5.74) is 1.93. The van der Waals surface area contributed by atoms with E-state index in [4.69, 9.17) is 0 Å². The monoisotopic (exact) mass is 281 g/mol. The summed E-state index contributed by atoms with van der Waals surface area (Å²) < 4.78 is 0. The summed E-state index contributed by atoms with van der Waals surface area (Å²) in [7, 11) is 0. The largest absolute Gasteiger partial charge is 0.293 e. The van der Waals surface area contributed by atoms with Gasteiger partial charge < -0.3 is 0 Å². The van der Waals surface area contributed by atoms with E-state index in [0.29, 0.717) is 6.42 Å². The number of ketones is 1. The van der Waals surface area contributed by atoms with Crippen molar-refractivity contribution >= 4 is 27.9 Å². The van der Waals surface area contributed by atoms with Gasteiger partial charge in [0.1, 0.15) is 0 Å². The first-order chi connectivity index (χ1) is 9.65. The number of fused-ring (bicyclic) bond motifs is 1. The number of benzene rings is 2. The fraction of sp³-hybridized carbons (Fsp3) is 0.176. The molecule has 3 rings (SSSR count). The first kappa shape index (κ1) is 13.0. The van der Waals surface area contributed by atoms with E-state index in [2.05, 4.69) is 23.2 Å². The highest BCUT2D eigenvalue weighted by molar-refractivity contribution is 7.13. The molecule has 1 heterocycles. The molecule has 0 saturated heterocycles. The number of Topliss-reactive ketones (excluding diaryl/α,β-unsaturated/α-hetero) is 1. The smallest absolute Gasteiger partial charge is 0.179 e. The quantitative estimate of drug-likeness (QED) is 0.668. The lowest BCUT2D eigenvalue weighted by Gasteiger charge is -2.05. The highest BCUT2D eigenvalue weighted by atomic mass is 32.1. The number of thiazole rings is 1. The molecule has 3 heteroatoms. The van der Waals surface area contributed by atoms with Crippen molar-refractivity contribution in [1.82, 2.24) is 4.98 Å². The predicted octanol–water partition coefficient (Wildman–Crippen LogP) is 4.34. The molecule has 0 unspecified atom stereocenters. The Kier molecular flexibility index (Phi) is 3.36. The van der Waals surface area contributed by atoms with Gasteiger partial charge in [-0.2, -0.15) is 0 Å². The van der Waals surface area contributed by atoms with Gasteiger partial charge in [0.15, 0.2) is 5.78 Å². The maximum Gasteiger partial charge on any atom is 0.179 e. The van der Waals surface area contributed by atoms with Crippen LogP contribution in [-0.4, -0.2) is 10.8 Å². The third-order valence-electron chi connectivity index (χ3n) is 3.39. The number of hydrogen-bond donors (Lipinski definition) is 0. The third kappa shape index (κ3) is 2.37. The van der Waals surface area contributed by atoms with Crippen LogP contribution in [0.3, 0.4) is 0 Å². The number of aryl methyl sites for hydroxylation is 2. The van der Waals surface area contributed by atoms with Gasteiger partial charge in [0.2, 0.25) is 0 Å². The lowest BCUT2D eigenvalue weighted by atomic mass is 10.00. The lowest BCUT2D eigenvalue weighted by Crippen LogP contribution is -2.03. The average molecular weight is 281 g/mol. The molecule has 0 bridgehead atoms. The van der Waals surface area contributed by atoms with Crippen LogP contribution in [0.5, 0.6) is 0 Å². The molecule has 0 radical (unpaired) electrons. The molecule has 100 valence electrons. The van der Waals surface area contributed by atoms with E-state index in [1.165, 1.54) is 16.7 Å². The molecule has 0 N–H and O–H groups in total. The zero-order valence-electron chi connectivity index (χ0n) is 11.5. The summed E-state index contributed by atoms with van der Waals surface area (Å²) in [5, 5.41) is 3.28. The number of hydrogen-bond acceptors (Lipinski definition) is 3. The maximum atomic E-state index is 12.5. The molecule has 0 amide bonds. The van der Waals surface area contributed by atoms with Crippen molar-refractivity contribution in [2.24, 2.45) is 0 Å². The fourth-order valence-corrected chi connectivity index (χ4v) is 3.35. The molecule has 0 fully saturated rings. The second-order valence-electron chi connectivity index (χ2n) is 4.89. The van der Waals surface area contributed by atoms with Crippen molar-refractivity contribution in [2.45, 2.75) is 20.3 Å². The number of carbonyl (C=O) groups excluding carboxylic acids is 1. The minimum Gasteiger partial charge on any atom is -0.293 e. The van der Waals surface area contributed by atoms with E-state index in [1.807, 2.05) is 38.1 Å². The molecule has 2 aromatic carbocycles. The van der Waals surface area contributed by atoms with E-state index in [1.54, 1.807) is 0 Å². The van der Waals surface area contributed by atoms with Gasteiger partial charge in [-0.3, -0.25) is 4.79 Å². The van der Waals surface area contributed by atoms with Crippen molar-refractivity contribution in [3.8, 4) is 0 Å². The lowest BCUT2D eigenvalue weighted by molar-refractivity contribution is 0.0996. The van der Waals surface area contributed by atoms with E-state index in [9.17, 15) is 4.79 Å². The zero-order chi connectivity index (χ0) is 14.1. The van der Waals surface area contributed by atoms with Gasteiger partial charge in [-0.15, -0.1) is 11.3 Å². The van der Waals surface area contributed by atoms with Crippen molar-refractivity contribution < 1.29 is 4.79 Å². The molecule has 2 nitrogen and oxygen atoms in total. The Bertz CT molecular complexity index is 783. The van der Waals surface area contributed by atoms with Gasteiger partial charge in [0.05, 0.1) is 15.6 Å². The van der Waals surface area contributed by atoms with Crippen LogP contribution in [0.15, 0.2) is 42.5 Å². The van der Waals surface area contributed by atoms with Crippen LogP contribution in [0.25, 0.3) is 10.8 Å². The van der Waals surface area contributed by atoms with Crippen molar-refractivity contribution in [3.05, 3.63) is 63.6 Å². The Morgan fingerprint density at radius 3 is 2.60 bits per heavy atom. The fourth-order valence-electron chi connectivity index (χ4n) is 2.49. The first-order valence-electron chi connectivity index (χ1n) is 6.59. The Labute approximate surface area is 122 Å². The summed E-state index contributed by atoms with van der Waals surface area (Å²) in [6.07, 6.45) is 0.434. The Hall–Kier alpha value is -2.00. The van der Waals surface area contributed by atoms with Crippen molar-refractivity contribution in [3.63, 3.8) is 0 Å². The molecular formula is C17H15NOS. The molecular weight excluding hydrogens is 266 g/mol. The average Bonchev–Trinajstić information content (AvgIpc) is 2.78. The highest BCUT2D eigenvalue weighted by Crippen LogP contribution is 2.23. The van der Waals surface area contributed by atoms with Crippen molar-refractivity contribution in [2.75, 3.05) is 0 Å². The molecule has 0 aliphatic carbocycles. The molecule has 0 spiro atoms. The van der Waals surface area contributed by atoms with Gasteiger partial charge in [-0.05, 0) is 30.2 Å². The van der Waals surface area contributed by atoms with Crippen LogP contribution in [-0.2, 0) is 6.42 Å². The van der Waals surface area contributed by atoms with E-state index < -0.39 is 0 Å². The maximum absolute atomic E-state index is 12.5. The van der Waals surface area contributed by atoms with Crippen molar-refractivity contribution in [1.29, 1.82) is 0 Å².